The first-order valence-electron chi connectivity index (χ1n) is 5.94. The highest BCUT2D eigenvalue weighted by molar-refractivity contribution is 7.20. The summed E-state index contributed by atoms with van der Waals surface area (Å²) in [4.78, 5) is 0. The molecule has 0 saturated heterocycles. The summed E-state index contributed by atoms with van der Waals surface area (Å²) in [5.41, 5.74) is 8.04. The van der Waals surface area contributed by atoms with Crippen molar-refractivity contribution < 1.29 is 4.74 Å². The molecular formula is C14H15Cl2NOS. The molecule has 0 aliphatic heterocycles. The summed E-state index contributed by atoms with van der Waals surface area (Å²) >= 11 is 13.4. The number of halogens is 2. The molecule has 0 aliphatic rings. The minimum absolute atomic E-state index is 0.130. The molecule has 102 valence electrons. The maximum Gasteiger partial charge on any atom is 0.120 e. The predicted molar refractivity (Wildman–Crippen MR) is 82.6 cm³/mol. The third-order valence-electron chi connectivity index (χ3n) is 2.61. The van der Waals surface area contributed by atoms with Gasteiger partial charge in [-0.1, -0.05) is 35.3 Å². The van der Waals surface area contributed by atoms with Crippen LogP contribution in [-0.2, 0) is 0 Å². The van der Waals surface area contributed by atoms with Crippen molar-refractivity contribution in [3.05, 3.63) is 50.1 Å². The molecule has 0 saturated carbocycles. The van der Waals surface area contributed by atoms with Gasteiger partial charge >= 0.3 is 0 Å². The van der Waals surface area contributed by atoms with Crippen LogP contribution in [0.15, 0.2) is 30.3 Å². The van der Waals surface area contributed by atoms with Gasteiger partial charge in [0.25, 0.3) is 0 Å². The first-order chi connectivity index (χ1) is 8.97. The summed E-state index contributed by atoms with van der Waals surface area (Å²) < 4.78 is 6.94. The molecule has 1 aromatic carbocycles. The van der Waals surface area contributed by atoms with E-state index in [-0.39, 0.29) is 12.1 Å². The second-order valence-corrected chi connectivity index (χ2v) is 6.78. The van der Waals surface area contributed by atoms with E-state index in [9.17, 15) is 0 Å². The van der Waals surface area contributed by atoms with Crippen LogP contribution in [0.2, 0.25) is 8.67 Å². The Bertz CT molecular complexity index is 568. The van der Waals surface area contributed by atoms with Crippen LogP contribution in [0.1, 0.15) is 31.0 Å². The first kappa shape index (κ1) is 14.7. The van der Waals surface area contributed by atoms with Gasteiger partial charge in [-0.05, 0) is 37.6 Å². The van der Waals surface area contributed by atoms with Gasteiger partial charge in [-0.15, -0.1) is 11.3 Å². The largest absolute Gasteiger partial charge is 0.491 e. The number of nitrogens with two attached hydrogens (primary N) is 1. The molecule has 1 heterocycles. The predicted octanol–water partition coefficient (Wildman–Crippen LogP) is 4.89. The van der Waals surface area contributed by atoms with Crippen molar-refractivity contribution in [2.24, 2.45) is 5.73 Å². The lowest BCUT2D eigenvalue weighted by atomic mass is 10.0. The quantitative estimate of drug-likeness (QED) is 0.871. The molecule has 2 N–H and O–H groups in total. The second-order valence-electron chi connectivity index (χ2n) is 4.50. The zero-order valence-electron chi connectivity index (χ0n) is 10.7. The van der Waals surface area contributed by atoms with Crippen molar-refractivity contribution in [3.63, 3.8) is 0 Å². The minimum Gasteiger partial charge on any atom is -0.491 e. The van der Waals surface area contributed by atoms with E-state index in [1.54, 1.807) is 0 Å². The van der Waals surface area contributed by atoms with Gasteiger partial charge in [-0.25, -0.2) is 0 Å². The Kier molecular flexibility index (Phi) is 4.74. The van der Waals surface area contributed by atoms with Gasteiger partial charge in [0.1, 0.15) is 5.75 Å². The average Bonchev–Trinajstić information content (AvgIpc) is 2.67. The summed E-state index contributed by atoms with van der Waals surface area (Å²) in [6, 6.07) is 9.25. The van der Waals surface area contributed by atoms with Gasteiger partial charge in [-0.3, -0.25) is 0 Å². The highest BCUT2D eigenvalue weighted by Gasteiger charge is 2.16. The number of ether oxygens (including phenoxy) is 1. The number of hydrogen-bond acceptors (Lipinski definition) is 3. The highest BCUT2D eigenvalue weighted by Crippen LogP contribution is 2.36. The summed E-state index contributed by atoms with van der Waals surface area (Å²) in [5, 5.41) is 0. The third-order valence-corrected chi connectivity index (χ3v) is 4.13. The van der Waals surface area contributed by atoms with Crippen molar-refractivity contribution in [1.82, 2.24) is 0 Å². The molecule has 5 heteroatoms. The Balaban J connectivity index is 2.28. The normalized spacial score (nSPS) is 12.7. The fraction of sp³-hybridized carbons (Fsp3) is 0.286. The lowest BCUT2D eigenvalue weighted by Crippen LogP contribution is -2.12. The standard InChI is InChI=1S/C14H15Cl2NOS/c1-8(2)18-10-5-3-4-9(6-10)13(17)11-7-12(15)19-14(11)16/h3-8,13H,17H2,1-2H3. The third kappa shape index (κ3) is 3.63. The lowest BCUT2D eigenvalue weighted by molar-refractivity contribution is 0.242. The fourth-order valence-electron chi connectivity index (χ4n) is 1.80. The van der Waals surface area contributed by atoms with E-state index in [4.69, 9.17) is 33.7 Å². The van der Waals surface area contributed by atoms with E-state index in [1.165, 1.54) is 11.3 Å². The van der Waals surface area contributed by atoms with Crippen LogP contribution in [0.4, 0.5) is 0 Å². The molecule has 2 aromatic rings. The summed E-state index contributed by atoms with van der Waals surface area (Å²) in [7, 11) is 0. The maximum absolute atomic E-state index is 6.24. The monoisotopic (exact) mass is 315 g/mol. The molecule has 1 atom stereocenters. The molecule has 0 bridgehead atoms. The van der Waals surface area contributed by atoms with E-state index in [0.717, 1.165) is 16.9 Å². The number of thiophene rings is 1. The fourth-order valence-corrected chi connectivity index (χ4v) is 3.35. The van der Waals surface area contributed by atoms with Crippen molar-refractivity contribution in [3.8, 4) is 5.75 Å². The molecule has 2 rings (SSSR count). The number of rotatable bonds is 4. The molecular weight excluding hydrogens is 301 g/mol. The summed E-state index contributed by atoms with van der Waals surface area (Å²) in [6.07, 6.45) is 0.130. The SMILES string of the molecule is CC(C)Oc1cccc(C(N)c2cc(Cl)sc2Cl)c1. The Morgan fingerprint density at radius 1 is 1.21 bits per heavy atom. The van der Waals surface area contributed by atoms with E-state index < -0.39 is 0 Å². The van der Waals surface area contributed by atoms with Crippen molar-refractivity contribution >= 4 is 34.5 Å². The van der Waals surface area contributed by atoms with Gasteiger partial charge in [0.2, 0.25) is 0 Å². The molecule has 0 aliphatic carbocycles. The number of benzene rings is 1. The van der Waals surface area contributed by atoms with Gasteiger partial charge in [0, 0.05) is 5.56 Å². The smallest absolute Gasteiger partial charge is 0.120 e. The molecule has 0 radical (unpaired) electrons. The molecule has 1 unspecified atom stereocenters. The molecule has 1 aromatic heterocycles. The van der Waals surface area contributed by atoms with E-state index in [1.807, 2.05) is 44.2 Å². The van der Waals surface area contributed by atoms with Crippen LogP contribution in [0.3, 0.4) is 0 Å². The van der Waals surface area contributed by atoms with Crippen molar-refractivity contribution in [2.45, 2.75) is 26.0 Å². The van der Waals surface area contributed by atoms with E-state index in [2.05, 4.69) is 0 Å². The first-order valence-corrected chi connectivity index (χ1v) is 7.51. The minimum atomic E-state index is -0.299. The summed E-state index contributed by atoms with van der Waals surface area (Å²) in [6.45, 7) is 3.98. The van der Waals surface area contributed by atoms with Crippen LogP contribution in [0, 0.1) is 0 Å². The van der Waals surface area contributed by atoms with Crippen LogP contribution in [0.5, 0.6) is 5.75 Å². The van der Waals surface area contributed by atoms with Gasteiger partial charge in [0.05, 0.1) is 20.8 Å². The van der Waals surface area contributed by atoms with Gasteiger partial charge in [-0.2, -0.15) is 0 Å². The molecule has 0 amide bonds. The van der Waals surface area contributed by atoms with Crippen LogP contribution in [0.25, 0.3) is 0 Å². The molecule has 19 heavy (non-hydrogen) atoms. The van der Waals surface area contributed by atoms with Gasteiger partial charge in [0.15, 0.2) is 0 Å². The molecule has 0 spiro atoms. The maximum atomic E-state index is 6.24. The Labute approximate surface area is 127 Å². The Morgan fingerprint density at radius 2 is 1.95 bits per heavy atom. The van der Waals surface area contributed by atoms with Crippen molar-refractivity contribution in [2.75, 3.05) is 0 Å². The zero-order chi connectivity index (χ0) is 14.0. The van der Waals surface area contributed by atoms with E-state index >= 15 is 0 Å². The van der Waals surface area contributed by atoms with E-state index in [0.29, 0.717) is 8.67 Å². The second kappa shape index (κ2) is 6.14. The zero-order valence-corrected chi connectivity index (χ0v) is 13.0. The van der Waals surface area contributed by atoms with Crippen LogP contribution in [-0.4, -0.2) is 6.10 Å². The van der Waals surface area contributed by atoms with Crippen molar-refractivity contribution in [1.29, 1.82) is 0 Å². The molecule has 2 nitrogen and oxygen atoms in total. The molecule has 0 fully saturated rings. The van der Waals surface area contributed by atoms with Crippen LogP contribution < -0.4 is 10.5 Å². The van der Waals surface area contributed by atoms with Crippen LogP contribution >= 0.6 is 34.5 Å². The Morgan fingerprint density at radius 3 is 2.53 bits per heavy atom. The van der Waals surface area contributed by atoms with Gasteiger partial charge < -0.3 is 10.5 Å². The number of hydrogen-bond donors (Lipinski definition) is 1. The highest BCUT2D eigenvalue weighted by atomic mass is 35.5. The summed E-state index contributed by atoms with van der Waals surface area (Å²) in [5.74, 6) is 0.806. The lowest BCUT2D eigenvalue weighted by Gasteiger charge is -2.14. The topological polar surface area (TPSA) is 35.2 Å². The average molecular weight is 316 g/mol. The Hall–Kier alpha value is -0.740.